The van der Waals surface area contributed by atoms with Gasteiger partial charge in [0.15, 0.2) is 11.6 Å². The third kappa shape index (κ3) is 6.67. The fraction of sp³-hybridized carbons (Fsp3) is 0.300. The van der Waals surface area contributed by atoms with Gasteiger partial charge in [-0.3, -0.25) is 9.63 Å². The molecule has 0 saturated carbocycles. The van der Waals surface area contributed by atoms with Crippen LogP contribution < -0.4 is 10.8 Å². The number of hydrogen-bond acceptors (Lipinski definition) is 7. The van der Waals surface area contributed by atoms with Gasteiger partial charge in [0.2, 0.25) is 0 Å². The Hall–Kier alpha value is -3.15. The maximum atomic E-state index is 14.8. The summed E-state index contributed by atoms with van der Waals surface area (Å²) in [5, 5.41) is 23.3. The molecule has 0 unspecified atom stereocenters. The molecule has 0 fully saturated rings. The first-order valence-electron chi connectivity index (χ1n) is 9.23. The summed E-state index contributed by atoms with van der Waals surface area (Å²) >= 11 is 0. The van der Waals surface area contributed by atoms with Gasteiger partial charge in [-0.15, -0.1) is 0 Å². The highest BCUT2D eigenvalue weighted by molar-refractivity contribution is 6.01. The molecule has 0 heterocycles. The molecule has 8 nitrogen and oxygen atoms in total. The molecular formula is C20H22F3N3O5. The number of amides is 1. The topological polar surface area (TPSA) is 112 Å². The Labute approximate surface area is 176 Å². The van der Waals surface area contributed by atoms with Crippen LogP contribution in [0.3, 0.4) is 0 Å². The van der Waals surface area contributed by atoms with Crippen molar-refractivity contribution in [3.05, 3.63) is 58.4 Å². The standard InChI is InChI=1S/C20H22F3N3O5/c1-12-3-4-16(15(21)9-12)25-19-14(20(29)26-31-8-6-28)10-13(17(22)18(19)23)11-24-30-7-2-5-27/h3-4,9-11,25,27-28H,2,5-8H2,1H3,(H,26,29)/b24-11+. The maximum absolute atomic E-state index is 14.8. The smallest absolute Gasteiger partial charge is 0.277 e. The van der Waals surface area contributed by atoms with E-state index >= 15 is 0 Å². The zero-order chi connectivity index (χ0) is 22.8. The van der Waals surface area contributed by atoms with Gasteiger partial charge in [0.1, 0.15) is 12.4 Å². The van der Waals surface area contributed by atoms with Crippen molar-refractivity contribution in [2.45, 2.75) is 13.3 Å². The molecule has 4 N–H and O–H groups in total. The first-order chi connectivity index (χ1) is 14.9. The first-order valence-corrected chi connectivity index (χ1v) is 9.23. The Kier molecular flexibility index (Phi) is 9.25. The number of aliphatic hydroxyl groups excluding tert-OH is 2. The number of hydrogen-bond donors (Lipinski definition) is 4. The molecule has 11 heteroatoms. The van der Waals surface area contributed by atoms with Gasteiger partial charge in [-0.25, -0.2) is 18.7 Å². The van der Waals surface area contributed by atoms with Crippen molar-refractivity contribution in [3.8, 4) is 0 Å². The predicted octanol–water partition coefficient (Wildman–Crippen LogP) is 2.54. The highest BCUT2D eigenvalue weighted by Gasteiger charge is 2.23. The van der Waals surface area contributed by atoms with E-state index in [1.165, 1.54) is 12.1 Å². The van der Waals surface area contributed by atoms with E-state index in [4.69, 9.17) is 19.9 Å². The number of nitrogens with zero attached hydrogens (tertiary/aromatic N) is 1. The van der Waals surface area contributed by atoms with Crippen molar-refractivity contribution in [3.63, 3.8) is 0 Å². The third-order valence-electron chi connectivity index (χ3n) is 3.88. The molecule has 168 valence electrons. The molecule has 2 rings (SSSR count). The van der Waals surface area contributed by atoms with Gasteiger partial charge >= 0.3 is 0 Å². The van der Waals surface area contributed by atoms with E-state index in [9.17, 15) is 18.0 Å². The molecule has 0 aliphatic heterocycles. The molecule has 0 aliphatic rings. The molecule has 0 bridgehead atoms. The van der Waals surface area contributed by atoms with E-state index in [0.29, 0.717) is 5.56 Å². The third-order valence-corrected chi connectivity index (χ3v) is 3.88. The van der Waals surface area contributed by atoms with Crippen LogP contribution in [-0.4, -0.2) is 48.8 Å². The summed E-state index contributed by atoms with van der Waals surface area (Å²) in [4.78, 5) is 22.0. The Morgan fingerprint density at radius 1 is 1.13 bits per heavy atom. The largest absolute Gasteiger partial charge is 0.396 e. The average molecular weight is 441 g/mol. The zero-order valence-electron chi connectivity index (χ0n) is 16.6. The van der Waals surface area contributed by atoms with Gasteiger partial charge in [0, 0.05) is 18.6 Å². The normalized spacial score (nSPS) is 11.0. The van der Waals surface area contributed by atoms with E-state index in [-0.39, 0.29) is 38.5 Å². The number of anilines is 2. The van der Waals surface area contributed by atoms with Crippen LogP contribution in [-0.2, 0) is 9.68 Å². The molecule has 0 radical (unpaired) electrons. The minimum absolute atomic E-state index is 0.0474. The van der Waals surface area contributed by atoms with E-state index in [1.54, 1.807) is 13.0 Å². The summed E-state index contributed by atoms with van der Waals surface area (Å²) in [6, 6.07) is 5.03. The molecule has 31 heavy (non-hydrogen) atoms. The number of benzene rings is 2. The number of carbonyl (C=O) groups is 1. The first kappa shape index (κ1) is 24.1. The number of hydroxylamine groups is 1. The van der Waals surface area contributed by atoms with Crippen LogP contribution in [0, 0.1) is 24.4 Å². The summed E-state index contributed by atoms with van der Waals surface area (Å²) in [5.41, 5.74) is 0.970. The molecule has 0 aliphatic carbocycles. The van der Waals surface area contributed by atoms with Gasteiger partial charge in [0.05, 0.1) is 36.4 Å². The van der Waals surface area contributed by atoms with Crippen molar-refractivity contribution >= 4 is 23.5 Å². The second kappa shape index (κ2) is 11.9. The van der Waals surface area contributed by atoms with Gasteiger partial charge in [0.25, 0.3) is 5.91 Å². The SMILES string of the molecule is Cc1ccc(Nc2c(C(=O)NOCCO)cc(/C=N/OCCCO)c(F)c2F)c(F)c1. The Balaban J connectivity index is 2.43. The van der Waals surface area contributed by atoms with Crippen LogP contribution in [0.5, 0.6) is 0 Å². The monoisotopic (exact) mass is 441 g/mol. The maximum Gasteiger partial charge on any atom is 0.277 e. The number of aryl methyl sites for hydroxylation is 1. The van der Waals surface area contributed by atoms with Crippen LogP contribution in [0.1, 0.15) is 27.9 Å². The van der Waals surface area contributed by atoms with Gasteiger partial charge in [-0.1, -0.05) is 11.2 Å². The molecule has 0 aromatic heterocycles. The lowest BCUT2D eigenvalue weighted by Crippen LogP contribution is -2.26. The minimum Gasteiger partial charge on any atom is -0.396 e. The van der Waals surface area contributed by atoms with Crippen LogP contribution in [0.15, 0.2) is 29.4 Å². The fourth-order valence-electron chi connectivity index (χ4n) is 2.39. The fourth-order valence-corrected chi connectivity index (χ4v) is 2.39. The van der Waals surface area contributed by atoms with Crippen molar-refractivity contribution in [1.29, 1.82) is 0 Å². The van der Waals surface area contributed by atoms with E-state index in [1.807, 2.05) is 5.48 Å². The van der Waals surface area contributed by atoms with Crippen molar-refractivity contribution in [1.82, 2.24) is 5.48 Å². The van der Waals surface area contributed by atoms with Crippen LogP contribution in [0.25, 0.3) is 0 Å². The number of rotatable bonds is 11. The Morgan fingerprint density at radius 2 is 1.90 bits per heavy atom. The summed E-state index contributed by atoms with van der Waals surface area (Å²) in [6.07, 6.45) is 1.15. The number of carbonyl (C=O) groups excluding carboxylic acids is 1. The van der Waals surface area contributed by atoms with Crippen molar-refractivity contribution < 1.29 is 37.9 Å². The van der Waals surface area contributed by atoms with Gasteiger partial charge in [-0.2, -0.15) is 0 Å². The summed E-state index contributed by atoms with van der Waals surface area (Å²) in [7, 11) is 0. The number of halogens is 3. The summed E-state index contributed by atoms with van der Waals surface area (Å²) in [6.45, 7) is 0.943. The van der Waals surface area contributed by atoms with E-state index in [0.717, 1.165) is 12.3 Å². The van der Waals surface area contributed by atoms with Gasteiger partial charge < -0.3 is 20.4 Å². The summed E-state index contributed by atoms with van der Waals surface area (Å²) in [5.74, 6) is -4.51. The van der Waals surface area contributed by atoms with Crippen molar-refractivity contribution in [2.24, 2.45) is 5.16 Å². The molecular weight excluding hydrogens is 419 g/mol. The van der Waals surface area contributed by atoms with Crippen molar-refractivity contribution in [2.75, 3.05) is 31.7 Å². The molecule has 0 atom stereocenters. The quantitative estimate of drug-likeness (QED) is 0.242. The zero-order valence-corrected chi connectivity index (χ0v) is 16.6. The van der Waals surface area contributed by atoms with Crippen LogP contribution in [0.4, 0.5) is 24.5 Å². The lowest BCUT2D eigenvalue weighted by Gasteiger charge is -2.15. The molecule has 0 saturated heterocycles. The molecule has 1 amide bonds. The second-order valence-electron chi connectivity index (χ2n) is 6.27. The second-order valence-corrected chi connectivity index (χ2v) is 6.27. The molecule has 2 aromatic carbocycles. The highest BCUT2D eigenvalue weighted by Crippen LogP contribution is 2.30. The lowest BCUT2D eigenvalue weighted by atomic mass is 10.1. The number of aliphatic hydroxyl groups is 2. The lowest BCUT2D eigenvalue weighted by molar-refractivity contribution is 0.0168. The molecule has 0 spiro atoms. The molecule has 2 aromatic rings. The van der Waals surface area contributed by atoms with Crippen LogP contribution >= 0.6 is 0 Å². The Bertz CT molecular complexity index is 941. The minimum atomic E-state index is -1.45. The number of nitrogens with one attached hydrogen (secondary N) is 2. The van der Waals surface area contributed by atoms with E-state index < -0.39 is 40.2 Å². The van der Waals surface area contributed by atoms with E-state index in [2.05, 4.69) is 10.5 Å². The highest BCUT2D eigenvalue weighted by atomic mass is 19.2. The number of oxime groups is 1. The average Bonchev–Trinajstić information content (AvgIpc) is 2.74. The Morgan fingerprint density at radius 3 is 2.58 bits per heavy atom. The summed E-state index contributed by atoms with van der Waals surface area (Å²) < 4.78 is 43.6. The predicted molar refractivity (Wildman–Crippen MR) is 107 cm³/mol. The van der Waals surface area contributed by atoms with Crippen LogP contribution in [0.2, 0.25) is 0 Å². The van der Waals surface area contributed by atoms with Gasteiger partial charge in [-0.05, 0) is 30.7 Å².